The molecule has 0 spiro atoms. The quantitative estimate of drug-likeness (QED) is 0.194. The lowest BCUT2D eigenvalue weighted by Gasteiger charge is -2.20. The van der Waals surface area contributed by atoms with Crippen LogP contribution in [-0.4, -0.2) is 5.11 Å². The summed E-state index contributed by atoms with van der Waals surface area (Å²) in [6.45, 7) is 0. The van der Waals surface area contributed by atoms with Crippen LogP contribution in [0.3, 0.4) is 0 Å². The van der Waals surface area contributed by atoms with Gasteiger partial charge in [0.1, 0.15) is 5.58 Å². The summed E-state index contributed by atoms with van der Waals surface area (Å²) < 4.78 is 52.5. The Hall–Kier alpha value is -6.64. The van der Waals surface area contributed by atoms with Crippen LogP contribution in [0.4, 0.5) is 0 Å². The minimum absolute atomic E-state index is 0.0193. The highest BCUT2D eigenvalue weighted by Gasteiger charge is 2.23. The van der Waals surface area contributed by atoms with Crippen molar-refractivity contribution in [3.63, 3.8) is 0 Å². The van der Waals surface area contributed by atoms with Gasteiger partial charge in [-0.25, -0.2) is 0 Å². The van der Waals surface area contributed by atoms with Crippen LogP contribution in [0, 0.1) is 0 Å². The Labute approximate surface area is 296 Å². The van der Waals surface area contributed by atoms with Gasteiger partial charge >= 0.3 is 0 Å². The van der Waals surface area contributed by atoms with Crippen LogP contribution in [0.15, 0.2) is 180 Å². The molecule has 2 heteroatoms. The molecule has 234 valence electrons. The van der Waals surface area contributed by atoms with Gasteiger partial charge in [-0.05, 0) is 113 Å². The second-order valence-corrected chi connectivity index (χ2v) is 12.6. The molecule has 0 saturated heterocycles. The van der Waals surface area contributed by atoms with E-state index >= 15 is 0 Å². The molecule has 2 nitrogen and oxygen atoms in total. The predicted molar refractivity (Wildman–Crippen MR) is 210 cm³/mol. The zero-order valence-electron chi connectivity index (χ0n) is 31.7. The van der Waals surface area contributed by atoms with E-state index in [-0.39, 0.29) is 51.7 Å². The van der Waals surface area contributed by atoms with Gasteiger partial charge in [0.25, 0.3) is 0 Å². The molecule has 1 heterocycles. The molecule has 10 rings (SSSR count). The Balaban J connectivity index is 1.37. The molecule has 9 aromatic carbocycles. The number of hydrogen-bond acceptors (Lipinski definition) is 2. The first-order valence-corrected chi connectivity index (χ1v) is 16.6. The maximum absolute atomic E-state index is 11.4. The summed E-state index contributed by atoms with van der Waals surface area (Å²) in [5.41, 5.74) is 5.96. The van der Waals surface area contributed by atoms with Gasteiger partial charge in [-0.2, -0.15) is 0 Å². The molecule has 0 aliphatic heterocycles. The largest absolute Gasteiger partial charge is 0.504 e. The first-order chi connectivity index (χ1) is 26.8. The molecule has 0 amide bonds. The fourth-order valence-corrected chi connectivity index (χ4v) is 7.49. The van der Waals surface area contributed by atoms with Crippen molar-refractivity contribution in [2.45, 2.75) is 0 Å². The molecule has 0 aliphatic carbocycles. The lowest BCUT2D eigenvalue weighted by molar-refractivity contribution is 0.469. The topological polar surface area (TPSA) is 33.4 Å². The molecule has 50 heavy (non-hydrogen) atoms. The standard InChI is InChI=1S/C48H30O2/c49-43-26-25-41(47-40-24-23-32(29-44(40)50-48(43)47)30-13-3-1-4-14-30)45-36-19-9-11-21-38(36)46(39-22-12-10-20-37(39)45)42-28-34(31-15-5-2-6-16-31)27-33-17-7-8-18-35(33)42/h1-29,49H/i23D,24D,25D,26D,29D. The number of phenols is 1. The number of rotatable bonds is 4. The van der Waals surface area contributed by atoms with Crippen molar-refractivity contribution in [1.29, 1.82) is 0 Å². The highest BCUT2D eigenvalue weighted by Crippen LogP contribution is 2.49. The molecular weight excluding hydrogens is 609 g/mol. The Morgan fingerprint density at radius 1 is 0.440 bits per heavy atom. The van der Waals surface area contributed by atoms with E-state index in [0.717, 1.165) is 54.6 Å². The van der Waals surface area contributed by atoms with Crippen LogP contribution in [0.2, 0.25) is 0 Å². The van der Waals surface area contributed by atoms with E-state index in [1.807, 2.05) is 78.9 Å². The normalized spacial score (nSPS) is 13.1. The van der Waals surface area contributed by atoms with Gasteiger partial charge in [0.2, 0.25) is 0 Å². The lowest BCUT2D eigenvalue weighted by Crippen LogP contribution is -1.93. The van der Waals surface area contributed by atoms with Gasteiger partial charge in [-0.15, -0.1) is 0 Å². The SMILES string of the molecule is [2H]c1c([2H])c(-c2c3ccccc3c(-c3cc(-c4ccccc4)cc4ccccc34)c3ccccc23)c2c(oc3c([2H])c(-c4ccccc4)c([2H])c([2H])c32)c1O. The average molecular weight is 644 g/mol. The molecule has 0 fully saturated rings. The number of hydrogen-bond donors (Lipinski definition) is 1. The molecule has 0 radical (unpaired) electrons. The fraction of sp³-hybridized carbons (Fsp3) is 0. The summed E-state index contributed by atoms with van der Waals surface area (Å²) in [5, 5.41) is 17.5. The Kier molecular flexibility index (Phi) is 5.31. The lowest BCUT2D eigenvalue weighted by atomic mass is 9.83. The predicted octanol–water partition coefficient (Wildman–Crippen LogP) is 13.4. The van der Waals surface area contributed by atoms with Crippen molar-refractivity contribution in [2.24, 2.45) is 0 Å². The van der Waals surface area contributed by atoms with Gasteiger partial charge in [0, 0.05) is 10.8 Å². The molecular formula is C48H30O2. The molecule has 0 atom stereocenters. The highest BCUT2D eigenvalue weighted by atomic mass is 16.4. The van der Waals surface area contributed by atoms with E-state index < -0.39 is 11.8 Å². The highest BCUT2D eigenvalue weighted by molar-refractivity contribution is 6.27. The van der Waals surface area contributed by atoms with E-state index in [0.29, 0.717) is 16.7 Å². The van der Waals surface area contributed by atoms with E-state index in [4.69, 9.17) is 7.16 Å². The van der Waals surface area contributed by atoms with E-state index in [1.165, 1.54) is 0 Å². The van der Waals surface area contributed by atoms with Crippen LogP contribution in [0.25, 0.3) is 98.8 Å². The van der Waals surface area contributed by atoms with Crippen LogP contribution in [0.1, 0.15) is 6.85 Å². The van der Waals surface area contributed by atoms with Crippen molar-refractivity contribution in [3.05, 3.63) is 176 Å². The van der Waals surface area contributed by atoms with Crippen LogP contribution in [0.5, 0.6) is 5.75 Å². The third kappa shape index (κ3) is 4.36. The molecule has 0 unspecified atom stereocenters. The number of phenolic OH excluding ortho intramolecular Hbond substituents is 1. The molecule has 1 N–H and O–H groups in total. The second-order valence-electron chi connectivity index (χ2n) is 12.6. The van der Waals surface area contributed by atoms with E-state index in [9.17, 15) is 9.22 Å². The molecule has 10 aromatic rings. The first kappa shape index (κ1) is 23.6. The fourth-order valence-electron chi connectivity index (χ4n) is 7.49. The van der Waals surface area contributed by atoms with Gasteiger partial charge in [0.05, 0.1) is 6.85 Å². The van der Waals surface area contributed by atoms with Crippen molar-refractivity contribution < 1.29 is 16.4 Å². The van der Waals surface area contributed by atoms with Gasteiger partial charge in [-0.1, -0.05) is 140 Å². The maximum atomic E-state index is 11.4. The monoisotopic (exact) mass is 643 g/mol. The van der Waals surface area contributed by atoms with Crippen molar-refractivity contribution >= 4 is 54.3 Å². The van der Waals surface area contributed by atoms with Crippen LogP contribution < -0.4 is 0 Å². The summed E-state index contributed by atoms with van der Waals surface area (Å²) >= 11 is 0. The van der Waals surface area contributed by atoms with Crippen LogP contribution >= 0.6 is 0 Å². The van der Waals surface area contributed by atoms with E-state index in [2.05, 4.69) is 54.6 Å². The molecule has 1 aromatic heterocycles. The third-order valence-corrected chi connectivity index (χ3v) is 9.71. The zero-order valence-corrected chi connectivity index (χ0v) is 26.7. The molecule has 0 bridgehead atoms. The van der Waals surface area contributed by atoms with Gasteiger partial charge < -0.3 is 9.52 Å². The number of benzene rings is 9. The first-order valence-electron chi connectivity index (χ1n) is 19.1. The summed E-state index contributed by atoms with van der Waals surface area (Å²) in [5.74, 6) is -0.541. The smallest absolute Gasteiger partial charge is 0.177 e. The summed E-state index contributed by atoms with van der Waals surface area (Å²) in [4.78, 5) is 0. The Bertz CT molecular complexity index is 3150. The second kappa shape index (κ2) is 11.2. The van der Waals surface area contributed by atoms with Crippen molar-refractivity contribution in [2.75, 3.05) is 0 Å². The minimum atomic E-state index is -0.541. The van der Waals surface area contributed by atoms with Crippen molar-refractivity contribution in [3.8, 4) is 50.3 Å². The summed E-state index contributed by atoms with van der Waals surface area (Å²) in [6, 6.07) is 47.1. The molecule has 0 aliphatic rings. The summed E-state index contributed by atoms with van der Waals surface area (Å²) in [6.07, 6.45) is 0. The van der Waals surface area contributed by atoms with Crippen LogP contribution in [-0.2, 0) is 0 Å². The number of fused-ring (bicyclic) bond motifs is 6. The zero-order chi connectivity index (χ0) is 37.5. The average Bonchev–Trinajstić information content (AvgIpc) is 3.63. The Morgan fingerprint density at radius 2 is 0.980 bits per heavy atom. The van der Waals surface area contributed by atoms with Gasteiger partial charge in [0.15, 0.2) is 11.3 Å². The molecule has 0 saturated carbocycles. The third-order valence-electron chi connectivity index (χ3n) is 9.71. The summed E-state index contributed by atoms with van der Waals surface area (Å²) in [7, 11) is 0. The van der Waals surface area contributed by atoms with E-state index in [1.54, 1.807) is 12.1 Å². The minimum Gasteiger partial charge on any atom is -0.504 e. The van der Waals surface area contributed by atoms with Crippen molar-refractivity contribution in [1.82, 2.24) is 0 Å². The number of furan rings is 1. The maximum Gasteiger partial charge on any atom is 0.177 e. The Morgan fingerprint density at radius 3 is 1.62 bits per heavy atom. The van der Waals surface area contributed by atoms with Gasteiger partial charge in [-0.3, -0.25) is 0 Å². The number of aromatic hydroxyl groups is 1.